The van der Waals surface area contributed by atoms with Crippen LogP contribution < -0.4 is 24.6 Å². The van der Waals surface area contributed by atoms with Crippen LogP contribution in [0.5, 0.6) is 11.5 Å². The number of ether oxygens (including phenoxy) is 2. The number of thioether (sulfide) groups is 1. The number of rotatable bonds is 7. The molecule has 2 N–H and O–H groups in total. The van der Waals surface area contributed by atoms with Crippen molar-refractivity contribution in [1.82, 2.24) is 4.98 Å². The number of imide groups is 1. The fourth-order valence-electron chi connectivity index (χ4n) is 8.40. The number of fused-ring (bicyclic) bond motifs is 9. The van der Waals surface area contributed by atoms with Crippen LogP contribution in [-0.2, 0) is 20.6 Å². The first-order valence-corrected chi connectivity index (χ1v) is 17.8. The molecule has 50 heavy (non-hydrogen) atoms. The van der Waals surface area contributed by atoms with E-state index in [1.807, 2.05) is 6.07 Å². The average molecular weight is 742 g/mol. The SMILES string of the molecule is COc1cc([C@H]2c3sc(=O)[nH]c3SC3C4CC(C5C(=O)N(c6ccc(Cl)cc6)C(=O)C45)C32)ccc1OCC(=O)Nc1ccccc1C(F)(F)F. The van der Waals surface area contributed by atoms with Crippen molar-refractivity contribution in [1.29, 1.82) is 0 Å². The summed E-state index contributed by atoms with van der Waals surface area (Å²) in [6, 6.07) is 16.5. The van der Waals surface area contributed by atoms with E-state index >= 15 is 0 Å². The third-order valence-corrected chi connectivity index (χ3v) is 13.1. The van der Waals surface area contributed by atoms with Gasteiger partial charge in [0.05, 0.1) is 40.9 Å². The number of thiazole rings is 1. The summed E-state index contributed by atoms with van der Waals surface area (Å²) in [7, 11) is 1.43. The van der Waals surface area contributed by atoms with Gasteiger partial charge in [-0.25, -0.2) is 0 Å². The third-order valence-electron chi connectivity index (χ3n) is 10.2. The Bertz CT molecular complexity index is 2100. The minimum Gasteiger partial charge on any atom is -0.493 e. The first-order valence-electron chi connectivity index (χ1n) is 15.7. The lowest BCUT2D eigenvalue weighted by atomic mass is 9.68. The van der Waals surface area contributed by atoms with Crippen LogP contribution in [0.15, 0.2) is 76.6 Å². The quantitative estimate of drug-likeness (QED) is 0.200. The Balaban J connectivity index is 1.07. The standard InChI is InChI=1S/C35H27ClF3N3O6S2/c1-47-23-12-15(6-11-22(23)48-14-24(43)40-21-5-3-2-4-20(21)35(37,38)39)25-26-18-13-19(29(26)49-31-30(25)50-34(46)41-31)28-27(18)32(44)42(33(28)45)17-9-7-16(36)8-10-17/h2-12,18-19,25-29H,13-14H2,1H3,(H,40,43)(H,41,46)/t18?,19?,25-,26?,27?,28?,29?/m1/s1. The van der Waals surface area contributed by atoms with Gasteiger partial charge in [-0.15, -0.1) is 11.8 Å². The number of para-hydroxylation sites is 1. The highest BCUT2D eigenvalue weighted by Gasteiger charge is 2.69. The second-order valence-electron chi connectivity index (χ2n) is 12.7. The van der Waals surface area contributed by atoms with E-state index < -0.39 is 36.1 Å². The molecule has 4 aliphatic rings. The first kappa shape index (κ1) is 32.9. The number of hydrogen-bond donors (Lipinski definition) is 2. The summed E-state index contributed by atoms with van der Waals surface area (Å²) < 4.78 is 51.6. The van der Waals surface area contributed by atoms with E-state index in [4.69, 9.17) is 21.1 Å². The molecule has 0 radical (unpaired) electrons. The molecule has 6 unspecified atom stereocenters. The van der Waals surface area contributed by atoms with Gasteiger partial charge in [0, 0.05) is 21.1 Å². The Hall–Kier alpha value is -4.27. The molecule has 1 aromatic heterocycles. The molecule has 9 nitrogen and oxygen atoms in total. The normalized spacial score (nSPS) is 26.4. The molecule has 15 heteroatoms. The number of nitrogens with zero attached hydrogens (tertiary/aromatic N) is 1. The molecule has 2 bridgehead atoms. The van der Waals surface area contributed by atoms with Crippen molar-refractivity contribution in [2.24, 2.45) is 29.6 Å². The zero-order chi connectivity index (χ0) is 35.1. The molecule has 0 spiro atoms. The fraction of sp³-hybridized carbons (Fsp3) is 0.314. The summed E-state index contributed by atoms with van der Waals surface area (Å²) >= 11 is 8.76. The van der Waals surface area contributed by atoms with Crippen molar-refractivity contribution in [3.8, 4) is 11.5 Å². The van der Waals surface area contributed by atoms with Crippen molar-refractivity contribution in [3.05, 3.63) is 97.4 Å². The molecule has 8 rings (SSSR count). The Morgan fingerprint density at radius 2 is 1.72 bits per heavy atom. The van der Waals surface area contributed by atoms with Crippen LogP contribution in [0.4, 0.5) is 24.5 Å². The number of nitrogens with one attached hydrogen (secondary N) is 2. The maximum Gasteiger partial charge on any atom is 0.418 e. The number of amides is 3. The number of alkyl halides is 3. The van der Waals surface area contributed by atoms with E-state index in [0.717, 1.165) is 38.9 Å². The highest BCUT2D eigenvalue weighted by Crippen LogP contribution is 2.69. The highest BCUT2D eigenvalue weighted by atomic mass is 35.5. The van der Waals surface area contributed by atoms with Crippen LogP contribution in [-0.4, -0.2) is 41.7 Å². The van der Waals surface area contributed by atoms with E-state index in [1.54, 1.807) is 48.2 Å². The van der Waals surface area contributed by atoms with Crippen LogP contribution in [0.3, 0.4) is 0 Å². The Morgan fingerprint density at radius 1 is 1.00 bits per heavy atom. The minimum atomic E-state index is -4.65. The van der Waals surface area contributed by atoms with Crippen LogP contribution in [0, 0.1) is 29.6 Å². The number of hydrogen-bond acceptors (Lipinski definition) is 8. The number of aromatic amines is 1. The highest BCUT2D eigenvalue weighted by molar-refractivity contribution is 8.00. The van der Waals surface area contributed by atoms with Crippen LogP contribution in [0.1, 0.15) is 28.3 Å². The summed E-state index contributed by atoms with van der Waals surface area (Å²) in [6.07, 6.45) is -3.94. The van der Waals surface area contributed by atoms with Gasteiger partial charge in [0.1, 0.15) is 0 Å². The van der Waals surface area contributed by atoms with Crippen LogP contribution >= 0.6 is 34.7 Å². The first-order chi connectivity index (χ1) is 23.9. The summed E-state index contributed by atoms with van der Waals surface area (Å²) in [4.78, 5) is 58.1. The molecule has 3 fully saturated rings. The van der Waals surface area contributed by atoms with Gasteiger partial charge in [-0.2, -0.15) is 13.2 Å². The van der Waals surface area contributed by atoms with Gasteiger partial charge in [0.2, 0.25) is 11.8 Å². The topological polar surface area (TPSA) is 118 Å². The predicted molar refractivity (Wildman–Crippen MR) is 181 cm³/mol. The number of aromatic nitrogens is 1. The fourth-order valence-corrected chi connectivity index (χ4v) is 11.4. The monoisotopic (exact) mass is 741 g/mol. The second kappa shape index (κ2) is 12.2. The molecule has 2 aliphatic carbocycles. The number of carbonyl (C=O) groups is 3. The summed E-state index contributed by atoms with van der Waals surface area (Å²) in [5.74, 6) is -2.23. The minimum absolute atomic E-state index is 0.0314. The lowest BCUT2D eigenvalue weighted by Crippen LogP contribution is -2.42. The van der Waals surface area contributed by atoms with Gasteiger partial charge < -0.3 is 19.8 Å². The second-order valence-corrected chi connectivity index (χ2v) is 15.4. The van der Waals surface area contributed by atoms with Gasteiger partial charge in [0.25, 0.3) is 5.91 Å². The number of anilines is 2. The number of halogens is 4. The van der Waals surface area contributed by atoms with Crippen LogP contribution in [0.25, 0.3) is 0 Å². The number of benzene rings is 3. The number of methoxy groups -OCH3 is 1. The summed E-state index contributed by atoms with van der Waals surface area (Å²) in [5, 5.41) is 3.48. The average Bonchev–Trinajstić information content (AvgIpc) is 3.82. The molecule has 3 heterocycles. The third kappa shape index (κ3) is 5.30. The van der Waals surface area contributed by atoms with Crippen molar-refractivity contribution in [3.63, 3.8) is 0 Å². The number of carbonyl (C=O) groups excluding carboxylic acids is 3. The van der Waals surface area contributed by atoms with E-state index in [0.29, 0.717) is 17.1 Å². The molecule has 4 aromatic rings. The van der Waals surface area contributed by atoms with Crippen molar-refractivity contribution >= 4 is 63.8 Å². The van der Waals surface area contributed by atoms with E-state index in [-0.39, 0.29) is 62.8 Å². The Morgan fingerprint density at radius 3 is 2.44 bits per heavy atom. The summed E-state index contributed by atoms with van der Waals surface area (Å²) in [5.41, 5.74) is -0.0555. The van der Waals surface area contributed by atoms with Crippen molar-refractivity contribution in [2.45, 2.75) is 28.8 Å². The molecule has 258 valence electrons. The lowest BCUT2D eigenvalue weighted by Gasteiger charge is -2.43. The molecule has 2 aliphatic heterocycles. The van der Waals surface area contributed by atoms with Gasteiger partial charge in [-0.3, -0.25) is 24.1 Å². The van der Waals surface area contributed by atoms with Crippen molar-refractivity contribution < 1.29 is 37.0 Å². The van der Waals surface area contributed by atoms with Gasteiger partial charge in [-0.05, 0) is 78.3 Å². The number of H-pyrrole nitrogens is 1. The molecule has 3 aromatic carbocycles. The van der Waals surface area contributed by atoms with Gasteiger partial charge in [0.15, 0.2) is 18.1 Å². The Kier molecular flexibility index (Phi) is 8.03. The smallest absolute Gasteiger partial charge is 0.418 e. The summed E-state index contributed by atoms with van der Waals surface area (Å²) in [6.45, 7) is -0.580. The molecule has 2 saturated carbocycles. The molecule has 3 amide bonds. The molecular formula is C35H27ClF3N3O6S2. The van der Waals surface area contributed by atoms with Gasteiger partial charge in [-0.1, -0.05) is 41.1 Å². The maximum absolute atomic E-state index is 14.0. The zero-order valence-electron chi connectivity index (χ0n) is 26.0. The zero-order valence-corrected chi connectivity index (χ0v) is 28.4. The van der Waals surface area contributed by atoms with Crippen molar-refractivity contribution in [2.75, 3.05) is 23.9 Å². The maximum atomic E-state index is 14.0. The Labute approximate surface area is 296 Å². The lowest BCUT2D eigenvalue weighted by molar-refractivity contribution is -0.137. The van der Waals surface area contributed by atoms with Crippen LogP contribution in [0.2, 0.25) is 5.02 Å². The molecular weight excluding hydrogens is 715 g/mol. The van der Waals surface area contributed by atoms with Gasteiger partial charge >= 0.3 is 11.0 Å². The largest absolute Gasteiger partial charge is 0.493 e. The predicted octanol–water partition coefficient (Wildman–Crippen LogP) is 6.81. The van der Waals surface area contributed by atoms with E-state index in [9.17, 15) is 32.3 Å². The molecule has 1 saturated heterocycles. The van der Waals surface area contributed by atoms with E-state index in [2.05, 4.69) is 10.3 Å². The molecule has 7 atom stereocenters. The van der Waals surface area contributed by atoms with E-state index in [1.165, 1.54) is 24.1 Å².